The summed E-state index contributed by atoms with van der Waals surface area (Å²) in [4.78, 5) is 10.9. The van der Waals surface area contributed by atoms with Gasteiger partial charge < -0.3 is 14.5 Å². The van der Waals surface area contributed by atoms with Gasteiger partial charge in [0, 0.05) is 39.3 Å². The summed E-state index contributed by atoms with van der Waals surface area (Å²) in [6, 6.07) is 19.0. The quantitative estimate of drug-likeness (QED) is 0.389. The molecule has 33 heavy (non-hydrogen) atoms. The summed E-state index contributed by atoms with van der Waals surface area (Å²) < 4.78 is 5.35. The first-order valence-corrected chi connectivity index (χ1v) is 12.3. The van der Waals surface area contributed by atoms with Crippen LogP contribution in [0.5, 0.6) is 5.75 Å². The standard InChI is InChI=1S/C28H37N3O2/c1-32-27-13-7-11-25(22-27)21-26-12-5-6-14-28(26)29-33-20-8-15-30-16-18-31(19-17-30)23-24-9-3-2-4-10-24/h2-4,7,9-11,13,21-22H,5-6,8,12,14-20,23H2,1H3. The maximum Gasteiger partial charge on any atom is 0.119 e. The fraction of sp³-hybridized carbons (Fsp3) is 0.464. The van der Waals surface area contributed by atoms with E-state index in [-0.39, 0.29) is 0 Å². The van der Waals surface area contributed by atoms with Crippen molar-refractivity contribution >= 4 is 11.8 Å². The minimum absolute atomic E-state index is 0.681. The summed E-state index contributed by atoms with van der Waals surface area (Å²) in [6.45, 7) is 7.36. The lowest BCUT2D eigenvalue weighted by atomic mass is 9.91. The number of nitrogens with zero attached hydrogens (tertiary/aromatic N) is 3. The first kappa shape index (κ1) is 23.5. The highest BCUT2D eigenvalue weighted by Gasteiger charge is 2.17. The largest absolute Gasteiger partial charge is 0.497 e. The van der Waals surface area contributed by atoms with E-state index >= 15 is 0 Å². The van der Waals surface area contributed by atoms with E-state index < -0.39 is 0 Å². The lowest BCUT2D eigenvalue weighted by molar-refractivity contribution is 0.0999. The molecule has 1 aliphatic carbocycles. The molecule has 5 heteroatoms. The van der Waals surface area contributed by atoms with Crippen molar-refractivity contribution in [1.82, 2.24) is 9.80 Å². The Kier molecular flexibility index (Phi) is 8.96. The normalized spacial score (nSPS) is 20.3. The van der Waals surface area contributed by atoms with Gasteiger partial charge in [-0.25, -0.2) is 0 Å². The molecule has 0 aromatic heterocycles. The zero-order chi connectivity index (χ0) is 22.7. The minimum atomic E-state index is 0.681. The molecule has 2 aromatic carbocycles. The van der Waals surface area contributed by atoms with Crippen molar-refractivity contribution in [2.75, 3.05) is 46.4 Å². The number of ether oxygens (including phenoxy) is 1. The Balaban J connectivity index is 1.18. The molecule has 0 bridgehead atoms. The van der Waals surface area contributed by atoms with Crippen LogP contribution in [0.3, 0.4) is 0 Å². The second-order valence-electron chi connectivity index (χ2n) is 8.98. The molecule has 0 radical (unpaired) electrons. The second kappa shape index (κ2) is 12.6. The van der Waals surface area contributed by atoms with E-state index in [2.05, 4.69) is 63.5 Å². The van der Waals surface area contributed by atoms with Gasteiger partial charge in [0.15, 0.2) is 0 Å². The van der Waals surface area contributed by atoms with Crippen molar-refractivity contribution in [1.29, 1.82) is 0 Å². The Morgan fingerprint density at radius 3 is 2.52 bits per heavy atom. The summed E-state index contributed by atoms with van der Waals surface area (Å²) in [5, 5.41) is 4.54. The van der Waals surface area contributed by atoms with E-state index in [0.717, 1.165) is 75.6 Å². The minimum Gasteiger partial charge on any atom is -0.497 e. The molecular weight excluding hydrogens is 410 g/mol. The summed E-state index contributed by atoms with van der Waals surface area (Å²) in [6.07, 6.45) is 7.71. The highest BCUT2D eigenvalue weighted by atomic mass is 16.6. The van der Waals surface area contributed by atoms with Gasteiger partial charge >= 0.3 is 0 Å². The number of piperazine rings is 1. The van der Waals surface area contributed by atoms with Crippen molar-refractivity contribution in [2.24, 2.45) is 5.16 Å². The van der Waals surface area contributed by atoms with Gasteiger partial charge in [-0.1, -0.05) is 47.6 Å². The van der Waals surface area contributed by atoms with Crippen LogP contribution in [0, 0.1) is 0 Å². The molecule has 176 valence electrons. The topological polar surface area (TPSA) is 37.3 Å². The summed E-state index contributed by atoms with van der Waals surface area (Å²) in [5.74, 6) is 0.885. The number of hydrogen-bond acceptors (Lipinski definition) is 5. The molecular formula is C28H37N3O2. The molecule has 2 aromatic rings. The first-order chi connectivity index (χ1) is 16.3. The molecule has 4 rings (SSSR count). The van der Waals surface area contributed by atoms with Gasteiger partial charge in [0.05, 0.1) is 12.8 Å². The van der Waals surface area contributed by atoms with Crippen molar-refractivity contribution in [3.05, 3.63) is 71.3 Å². The molecule has 0 spiro atoms. The average molecular weight is 448 g/mol. The second-order valence-corrected chi connectivity index (χ2v) is 8.98. The molecule has 5 nitrogen and oxygen atoms in total. The highest BCUT2D eigenvalue weighted by Crippen LogP contribution is 2.25. The van der Waals surface area contributed by atoms with E-state index in [1.165, 1.54) is 24.0 Å². The molecule has 2 aliphatic rings. The van der Waals surface area contributed by atoms with Crippen LogP contribution in [-0.4, -0.2) is 62.0 Å². The van der Waals surface area contributed by atoms with Crippen LogP contribution in [0.25, 0.3) is 6.08 Å². The van der Waals surface area contributed by atoms with Crippen LogP contribution < -0.4 is 4.74 Å². The third-order valence-corrected chi connectivity index (χ3v) is 6.51. The Bertz CT molecular complexity index is 918. The van der Waals surface area contributed by atoms with Crippen LogP contribution in [0.15, 0.2) is 65.3 Å². The van der Waals surface area contributed by atoms with Crippen LogP contribution >= 0.6 is 0 Å². The molecule has 0 amide bonds. The number of methoxy groups -OCH3 is 1. The SMILES string of the molecule is COc1cccc(C=C2CCCCC2=NOCCCN2CCN(Cc3ccccc3)CC2)c1. The van der Waals surface area contributed by atoms with Crippen molar-refractivity contribution < 1.29 is 9.57 Å². The van der Waals surface area contributed by atoms with E-state index in [4.69, 9.17) is 9.57 Å². The molecule has 0 N–H and O–H groups in total. The van der Waals surface area contributed by atoms with Crippen LogP contribution in [0.1, 0.15) is 43.2 Å². The average Bonchev–Trinajstić information content (AvgIpc) is 2.86. The van der Waals surface area contributed by atoms with Gasteiger partial charge in [0.25, 0.3) is 0 Å². The Morgan fingerprint density at radius 1 is 0.909 bits per heavy atom. The highest BCUT2D eigenvalue weighted by molar-refractivity contribution is 6.04. The predicted octanol–water partition coefficient (Wildman–Crippen LogP) is 5.23. The van der Waals surface area contributed by atoms with Crippen molar-refractivity contribution in [2.45, 2.75) is 38.6 Å². The van der Waals surface area contributed by atoms with Crippen molar-refractivity contribution in [3.8, 4) is 5.75 Å². The Hall–Kier alpha value is -2.63. The van der Waals surface area contributed by atoms with E-state index in [0.29, 0.717) is 6.61 Å². The third kappa shape index (κ3) is 7.44. The van der Waals surface area contributed by atoms with E-state index in [9.17, 15) is 0 Å². The zero-order valence-electron chi connectivity index (χ0n) is 19.9. The molecule has 0 unspecified atom stereocenters. The predicted molar refractivity (Wildman–Crippen MR) is 136 cm³/mol. The van der Waals surface area contributed by atoms with E-state index in [1.807, 2.05) is 12.1 Å². The van der Waals surface area contributed by atoms with Crippen LogP contribution in [0.4, 0.5) is 0 Å². The fourth-order valence-corrected chi connectivity index (χ4v) is 4.59. The number of allylic oxidation sites excluding steroid dienone is 1. The van der Waals surface area contributed by atoms with Gasteiger partial charge in [-0.15, -0.1) is 0 Å². The molecule has 1 saturated carbocycles. The Morgan fingerprint density at radius 2 is 1.70 bits per heavy atom. The summed E-state index contributed by atoms with van der Waals surface area (Å²) >= 11 is 0. The first-order valence-electron chi connectivity index (χ1n) is 12.3. The lowest BCUT2D eigenvalue weighted by Crippen LogP contribution is -2.46. The maximum absolute atomic E-state index is 5.76. The number of oxime groups is 1. The van der Waals surface area contributed by atoms with Gasteiger partial charge in [-0.05, 0) is 67.0 Å². The van der Waals surface area contributed by atoms with Gasteiger partial charge in [0.2, 0.25) is 0 Å². The lowest BCUT2D eigenvalue weighted by Gasteiger charge is -2.34. The van der Waals surface area contributed by atoms with Crippen LogP contribution in [-0.2, 0) is 11.4 Å². The fourth-order valence-electron chi connectivity index (χ4n) is 4.59. The Labute approximate surface area is 198 Å². The molecule has 1 aliphatic heterocycles. The molecule has 0 atom stereocenters. The summed E-state index contributed by atoms with van der Waals surface area (Å²) in [5.41, 5.74) is 4.97. The zero-order valence-corrected chi connectivity index (χ0v) is 19.9. The molecule has 1 saturated heterocycles. The molecule has 1 heterocycles. The van der Waals surface area contributed by atoms with Gasteiger partial charge in [-0.2, -0.15) is 0 Å². The molecule has 2 fully saturated rings. The third-order valence-electron chi connectivity index (χ3n) is 6.51. The van der Waals surface area contributed by atoms with Crippen molar-refractivity contribution in [3.63, 3.8) is 0 Å². The number of benzene rings is 2. The smallest absolute Gasteiger partial charge is 0.119 e. The van der Waals surface area contributed by atoms with Gasteiger partial charge in [0.1, 0.15) is 12.4 Å². The number of hydrogen-bond donors (Lipinski definition) is 0. The summed E-state index contributed by atoms with van der Waals surface area (Å²) in [7, 11) is 1.71. The number of rotatable bonds is 9. The van der Waals surface area contributed by atoms with Crippen LogP contribution in [0.2, 0.25) is 0 Å². The van der Waals surface area contributed by atoms with Gasteiger partial charge in [-0.3, -0.25) is 4.90 Å². The van der Waals surface area contributed by atoms with E-state index in [1.54, 1.807) is 7.11 Å². The maximum atomic E-state index is 5.76. The monoisotopic (exact) mass is 447 g/mol.